The van der Waals surface area contributed by atoms with Crippen molar-refractivity contribution in [2.75, 3.05) is 43.0 Å². The van der Waals surface area contributed by atoms with Crippen LogP contribution in [-0.4, -0.2) is 62.6 Å². The molecule has 0 spiro atoms. The van der Waals surface area contributed by atoms with Gasteiger partial charge in [-0.15, -0.1) is 8.78 Å². The lowest BCUT2D eigenvalue weighted by molar-refractivity contribution is -0.286. The quantitative estimate of drug-likeness (QED) is 0.294. The van der Waals surface area contributed by atoms with E-state index in [-0.39, 0.29) is 46.1 Å². The number of ether oxygens (including phenoxy) is 5. The fraction of sp³-hybridized carbons (Fsp3) is 0.276. The second-order valence-corrected chi connectivity index (χ2v) is 11.1. The van der Waals surface area contributed by atoms with Gasteiger partial charge in [-0.25, -0.2) is 4.98 Å². The Labute approximate surface area is 247 Å². The molecule has 2 amide bonds. The number of carbonyl (C=O) groups excluding carboxylic acids is 2. The Bertz CT molecular complexity index is 1770. The van der Waals surface area contributed by atoms with Gasteiger partial charge >= 0.3 is 6.29 Å². The van der Waals surface area contributed by atoms with Gasteiger partial charge in [0.1, 0.15) is 17.1 Å². The summed E-state index contributed by atoms with van der Waals surface area (Å²) in [4.78, 5) is 34.3. The first-order chi connectivity index (χ1) is 20.7. The Morgan fingerprint density at radius 2 is 1.77 bits per heavy atom. The molecule has 1 aromatic heterocycles. The third-order valence-corrected chi connectivity index (χ3v) is 8.61. The monoisotopic (exact) mass is 610 g/mol. The molecule has 2 N–H and O–H groups in total. The van der Waals surface area contributed by atoms with Crippen LogP contribution in [0.2, 0.25) is 0 Å². The van der Waals surface area contributed by atoms with Crippen molar-refractivity contribution in [3.05, 3.63) is 59.7 Å². The standard InChI is InChI=1S/C29H24F2N4O7S/c1-38-17-4-5-18(26(36)32-14-3-7-21-23(9-14)42-29(30,31)41-21)20(11-17)33-27(37)24-22(39-2)8-6-19-25(24)43-28(34-19)35-15-10-16(35)13-40-12-15/h3-9,11,15-16H,10,12-13H2,1-2H3,(H,32,36)(H,33,37). The number of carbonyl (C=O) groups is 2. The Morgan fingerprint density at radius 3 is 2.51 bits per heavy atom. The summed E-state index contributed by atoms with van der Waals surface area (Å²) in [5, 5.41) is 6.29. The van der Waals surface area contributed by atoms with Crippen molar-refractivity contribution < 1.29 is 42.1 Å². The maximum atomic E-state index is 13.9. The summed E-state index contributed by atoms with van der Waals surface area (Å²) in [5.41, 5.74) is 1.36. The van der Waals surface area contributed by atoms with Crippen LogP contribution in [0.5, 0.6) is 23.0 Å². The molecule has 11 nitrogen and oxygen atoms in total. The molecule has 2 bridgehead atoms. The minimum atomic E-state index is -3.79. The molecule has 4 aromatic rings. The van der Waals surface area contributed by atoms with Crippen molar-refractivity contribution in [3.8, 4) is 23.0 Å². The van der Waals surface area contributed by atoms with Gasteiger partial charge in [0.2, 0.25) is 0 Å². The summed E-state index contributed by atoms with van der Waals surface area (Å²) in [6, 6.07) is 12.5. The molecule has 3 aliphatic heterocycles. The Morgan fingerprint density at radius 1 is 0.977 bits per heavy atom. The van der Waals surface area contributed by atoms with E-state index < -0.39 is 18.1 Å². The van der Waals surface area contributed by atoms with E-state index in [9.17, 15) is 18.4 Å². The van der Waals surface area contributed by atoms with Crippen molar-refractivity contribution in [1.29, 1.82) is 0 Å². The second kappa shape index (κ2) is 10.2. The molecule has 2 fully saturated rings. The highest BCUT2D eigenvalue weighted by molar-refractivity contribution is 7.22. The number of methoxy groups -OCH3 is 2. The normalized spacial score (nSPS) is 19.5. The highest BCUT2D eigenvalue weighted by Crippen LogP contribution is 2.44. The molecular weight excluding hydrogens is 586 g/mol. The number of halogens is 2. The van der Waals surface area contributed by atoms with Gasteiger partial charge in [-0.2, -0.15) is 0 Å². The number of alkyl halides is 2. The molecule has 43 heavy (non-hydrogen) atoms. The zero-order chi connectivity index (χ0) is 29.9. The number of thiazole rings is 1. The maximum absolute atomic E-state index is 13.9. The first-order valence-corrected chi connectivity index (χ1v) is 14.1. The highest BCUT2D eigenvalue weighted by atomic mass is 32.1. The van der Waals surface area contributed by atoms with Gasteiger partial charge in [0.25, 0.3) is 11.8 Å². The molecule has 2 saturated heterocycles. The van der Waals surface area contributed by atoms with Gasteiger partial charge in [-0.3, -0.25) is 9.59 Å². The molecule has 7 rings (SSSR count). The molecule has 0 aliphatic carbocycles. The zero-order valence-electron chi connectivity index (χ0n) is 22.8. The number of rotatable bonds is 7. The van der Waals surface area contributed by atoms with E-state index in [1.54, 1.807) is 12.1 Å². The average Bonchev–Trinajstić information content (AvgIpc) is 3.54. The van der Waals surface area contributed by atoms with Gasteiger partial charge < -0.3 is 39.2 Å². The van der Waals surface area contributed by atoms with Crippen LogP contribution in [0.4, 0.5) is 25.3 Å². The molecule has 2 unspecified atom stereocenters. The van der Waals surface area contributed by atoms with Crippen LogP contribution in [-0.2, 0) is 4.74 Å². The summed E-state index contributed by atoms with van der Waals surface area (Å²) in [5.74, 6) is -0.755. The van der Waals surface area contributed by atoms with E-state index >= 15 is 0 Å². The van der Waals surface area contributed by atoms with Crippen LogP contribution >= 0.6 is 11.3 Å². The number of hydrogen-bond acceptors (Lipinski definition) is 10. The van der Waals surface area contributed by atoms with Gasteiger partial charge in [-0.05, 0) is 42.8 Å². The molecule has 3 aromatic carbocycles. The van der Waals surface area contributed by atoms with Crippen molar-refractivity contribution in [2.24, 2.45) is 0 Å². The number of hydrogen-bond donors (Lipinski definition) is 2. The van der Waals surface area contributed by atoms with E-state index in [2.05, 4.69) is 25.0 Å². The predicted octanol–water partition coefficient (Wildman–Crippen LogP) is 5.12. The van der Waals surface area contributed by atoms with Crippen molar-refractivity contribution in [1.82, 2.24) is 4.98 Å². The van der Waals surface area contributed by atoms with Crippen molar-refractivity contribution in [2.45, 2.75) is 24.8 Å². The first kappa shape index (κ1) is 27.2. The number of benzene rings is 3. The maximum Gasteiger partial charge on any atom is 0.586 e. The smallest absolute Gasteiger partial charge is 0.497 e. The van der Waals surface area contributed by atoms with Crippen LogP contribution < -0.4 is 34.5 Å². The summed E-state index contributed by atoms with van der Waals surface area (Å²) in [7, 11) is 2.94. The van der Waals surface area contributed by atoms with E-state index in [1.807, 2.05) is 6.07 Å². The lowest BCUT2D eigenvalue weighted by Crippen LogP contribution is -2.64. The minimum absolute atomic E-state index is 0.0988. The van der Waals surface area contributed by atoms with Gasteiger partial charge in [-0.1, -0.05) is 11.3 Å². The summed E-state index contributed by atoms with van der Waals surface area (Å²) >= 11 is 1.40. The predicted molar refractivity (Wildman–Crippen MR) is 153 cm³/mol. The lowest BCUT2D eigenvalue weighted by Gasteiger charge is -2.52. The fourth-order valence-electron chi connectivity index (χ4n) is 5.47. The SMILES string of the molecule is COc1ccc(C(=O)Nc2ccc3c(c2)OC(F)(F)O3)c(NC(=O)c2c(OC)ccc3nc(N4C5COCC4C5)sc23)c1. The summed E-state index contributed by atoms with van der Waals surface area (Å²) in [6.45, 7) is 1.28. The Balaban J connectivity index is 1.19. The van der Waals surface area contributed by atoms with E-state index in [0.29, 0.717) is 34.9 Å². The molecule has 4 heterocycles. The average molecular weight is 611 g/mol. The first-order valence-electron chi connectivity index (χ1n) is 13.3. The minimum Gasteiger partial charge on any atom is -0.497 e. The van der Waals surface area contributed by atoms with Gasteiger partial charge in [0.15, 0.2) is 16.6 Å². The Hall–Kier alpha value is -4.69. The van der Waals surface area contributed by atoms with Crippen molar-refractivity contribution >= 4 is 49.9 Å². The number of anilines is 3. The summed E-state index contributed by atoms with van der Waals surface area (Å²) < 4.78 is 52.9. The highest BCUT2D eigenvalue weighted by Gasteiger charge is 2.44. The van der Waals surface area contributed by atoms with E-state index in [4.69, 9.17) is 19.2 Å². The number of morpholine rings is 1. The molecule has 14 heteroatoms. The third kappa shape index (κ3) is 4.81. The van der Waals surface area contributed by atoms with Crippen LogP contribution in [0.1, 0.15) is 27.1 Å². The Kier molecular flexibility index (Phi) is 6.47. The molecule has 2 atom stereocenters. The van der Waals surface area contributed by atoms with Crippen molar-refractivity contribution in [3.63, 3.8) is 0 Å². The zero-order valence-corrected chi connectivity index (χ0v) is 23.6. The van der Waals surface area contributed by atoms with E-state index in [1.165, 1.54) is 55.9 Å². The molecule has 0 radical (unpaired) electrons. The van der Waals surface area contributed by atoms with Crippen LogP contribution in [0.15, 0.2) is 48.5 Å². The molecule has 222 valence electrons. The molecule has 0 saturated carbocycles. The second-order valence-electron chi connectivity index (χ2n) is 10.1. The topological polar surface area (TPSA) is 120 Å². The number of nitrogens with zero attached hydrogens (tertiary/aromatic N) is 2. The van der Waals surface area contributed by atoms with E-state index in [0.717, 1.165) is 11.6 Å². The largest absolute Gasteiger partial charge is 0.586 e. The van der Waals surface area contributed by atoms with Crippen LogP contribution in [0, 0.1) is 0 Å². The lowest BCUT2D eigenvalue weighted by atomic mass is 9.92. The number of fused-ring (bicyclic) bond motifs is 4. The third-order valence-electron chi connectivity index (χ3n) is 7.51. The van der Waals surface area contributed by atoms with Gasteiger partial charge in [0, 0.05) is 17.8 Å². The molecule has 3 aliphatic rings. The number of nitrogens with one attached hydrogen (secondary N) is 2. The summed E-state index contributed by atoms with van der Waals surface area (Å²) in [6.07, 6.45) is -2.74. The van der Waals surface area contributed by atoms with Crippen LogP contribution in [0.3, 0.4) is 0 Å². The fourth-order valence-corrected chi connectivity index (χ4v) is 6.71. The molecular formula is C29H24F2N4O7S. The number of aromatic nitrogens is 1. The van der Waals surface area contributed by atoms with Gasteiger partial charge in [0.05, 0.1) is 61.0 Å². The number of amides is 2. The van der Waals surface area contributed by atoms with Crippen LogP contribution in [0.25, 0.3) is 10.2 Å².